The molecule has 0 amide bonds. The second kappa shape index (κ2) is 3.47. The molecule has 1 nitrogen and oxygen atoms in total. The molecule has 2 heterocycles. The van der Waals surface area contributed by atoms with Crippen molar-refractivity contribution in [2.45, 2.75) is 50.6 Å². The van der Waals surface area contributed by atoms with Gasteiger partial charge in [-0.25, -0.2) is 0 Å². The molecule has 0 saturated heterocycles. The molecule has 0 aromatic carbocycles. The predicted molar refractivity (Wildman–Crippen MR) is 65.8 cm³/mol. The molecule has 1 fully saturated rings. The number of fused-ring (bicyclic) bond motifs is 2. The zero-order chi connectivity index (χ0) is 10.5. The van der Waals surface area contributed by atoms with Crippen molar-refractivity contribution >= 4 is 22.9 Å². The van der Waals surface area contributed by atoms with Crippen molar-refractivity contribution in [2.75, 3.05) is 0 Å². The smallest absolute Gasteiger partial charge is 0.0934 e. The molecular formula is C12H16ClNS. The van der Waals surface area contributed by atoms with E-state index in [9.17, 15) is 0 Å². The van der Waals surface area contributed by atoms with Gasteiger partial charge in [-0.15, -0.1) is 11.3 Å². The number of thiophene rings is 1. The first kappa shape index (κ1) is 10.1. The van der Waals surface area contributed by atoms with Crippen molar-refractivity contribution in [3.63, 3.8) is 0 Å². The minimum absolute atomic E-state index is 0.274. The number of rotatable bonds is 0. The zero-order valence-corrected chi connectivity index (χ0v) is 10.5. The van der Waals surface area contributed by atoms with E-state index in [0.717, 1.165) is 10.8 Å². The first-order chi connectivity index (χ1) is 7.20. The Labute approximate surface area is 99.8 Å². The summed E-state index contributed by atoms with van der Waals surface area (Å²) in [6.07, 6.45) is 6.43. The number of hydrogen-bond donors (Lipinski definition) is 1. The normalized spacial score (nSPS) is 28.3. The van der Waals surface area contributed by atoms with Gasteiger partial charge in [0, 0.05) is 16.5 Å². The third kappa shape index (κ3) is 1.54. The van der Waals surface area contributed by atoms with Crippen LogP contribution in [0.25, 0.3) is 0 Å². The van der Waals surface area contributed by atoms with Crippen molar-refractivity contribution in [1.29, 1.82) is 0 Å². The lowest BCUT2D eigenvalue weighted by Gasteiger charge is -2.38. The van der Waals surface area contributed by atoms with Gasteiger partial charge in [0.15, 0.2) is 0 Å². The molecule has 3 heteroatoms. The fraction of sp³-hybridized carbons (Fsp3) is 0.667. The fourth-order valence-electron chi connectivity index (χ4n) is 3.22. The van der Waals surface area contributed by atoms with Crippen molar-refractivity contribution in [2.24, 2.45) is 0 Å². The summed E-state index contributed by atoms with van der Waals surface area (Å²) in [6, 6.07) is 2.80. The first-order valence-corrected chi connectivity index (χ1v) is 6.95. The van der Waals surface area contributed by atoms with E-state index in [1.54, 1.807) is 11.3 Å². The van der Waals surface area contributed by atoms with Crippen molar-refractivity contribution in [3.05, 3.63) is 20.8 Å². The highest BCUT2D eigenvalue weighted by Crippen LogP contribution is 2.46. The summed E-state index contributed by atoms with van der Waals surface area (Å²) in [5.74, 6) is 0. The standard InChI is InChI=1S/C12H16ClNS/c1-8-6-10-9(7-11(13)15-10)12(14-8)4-2-3-5-12/h7-8,14H,2-6H2,1H3. The molecule has 1 aliphatic carbocycles. The van der Waals surface area contributed by atoms with Crippen molar-refractivity contribution in [1.82, 2.24) is 5.32 Å². The van der Waals surface area contributed by atoms with E-state index in [-0.39, 0.29) is 5.54 Å². The monoisotopic (exact) mass is 241 g/mol. The molecule has 1 aromatic heterocycles. The summed E-state index contributed by atoms with van der Waals surface area (Å²) >= 11 is 7.93. The van der Waals surface area contributed by atoms with Crippen LogP contribution in [0.15, 0.2) is 6.07 Å². The van der Waals surface area contributed by atoms with E-state index < -0.39 is 0 Å². The molecule has 3 rings (SSSR count). The molecule has 1 atom stereocenters. The lowest BCUT2D eigenvalue weighted by Crippen LogP contribution is -2.49. The highest BCUT2D eigenvalue weighted by Gasteiger charge is 2.41. The molecule has 1 aromatic rings. The van der Waals surface area contributed by atoms with Crippen LogP contribution >= 0.6 is 22.9 Å². The molecule has 1 saturated carbocycles. The maximum absolute atomic E-state index is 6.15. The molecule has 1 unspecified atom stereocenters. The van der Waals surface area contributed by atoms with Crippen LogP contribution in [-0.2, 0) is 12.0 Å². The Hall–Kier alpha value is -0.0500. The van der Waals surface area contributed by atoms with Gasteiger partial charge in [0.25, 0.3) is 0 Å². The molecular weight excluding hydrogens is 226 g/mol. The Bertz CT molecular complexity index is 379. The summed E-state index contributed by atoms with van der Waals surface area (Å²) in [7, 11) is 0. The summed E-state index contributed by atoms with van der Waals surface area (Å²) in [5.41, 5.74) is 1.78. The van der Waals surface area contributed by atoms with Gasteiger partial charge in [-0.1, -0.05) is 24.4 Å². The van der Waals surface area contributed by atoms with Gasteiger partial charge in [-0.2, -0.15) is 0 Å². The maximum atomic E-state index is 6.15. The van der Waals surface area contributed by atoms with Crippen molar-refractivity contribution < 1.29 is 0 Å². The van der Waals surface area contributed by atoms with Gasteiger partial charge in [-0.3, -0.25) is 0 Å². The topological polar surface area (TPSA) is 12.0 Å². The average molecular weight is 242 g/mol. The molecule has 1 spiro atoms. The third-order valence-electron chi connectivity index (χ3n) is 3.77. The Morgan fingerprint density at radius 2 is 2.20 bits per heavy atom. The van der Waals surface area contributed by atoms with Crippen LogP contribution in [0.3, 0.4) is 0 Å². The average Bonchev–Trinajstić information content (AvgIpc) is 2.73. The van der Waals surface area contributed by atoms with E-state index in [1.807, 2.05) is 0 Å². The van der Waals surface area contributed by atoms with Crippen LogP contribution in [-0.4, -0.2) is 6.04 Å². The molecule has 1 aliphatic heterocycles. The van der Waals surface area contributed by atoms with Crippen molar-refractivity contribution in [3.8, 4) is 0 Å². The van der Waals surface area contributed by atoms with E-state index in [2.05, 4.69) is 18.3 Å². The lowest BCUT2D eigenvalue weighted by atomic mass is 9.83. The zero-order valence-electron chi connectivity index (χ0n) is 8.98. The predicted octanol–water partition coefficient (Wildman–Crippen LogP) is 3.71. The van der Waals surface area contributed by atoms with Gasteiger partial charge in [0.1, 0.15) is 0 Å². The Morgan fingerprint density at radius 1 is 1.47 bits per heavy atom. The van der Waals surface area contributed by atoms with Crippen LogP contribution in [0.1, 0.15) is 43.0 Å². The second-order valence-electron chi connectivity index (χ2n) is 4.93. The van der Waals surface area contributed by atoms with Crippen LogP contribution in [0.2, 0.25) is 4.34 Å². The van der Waals surface area contributed by atoms with Gasteiger partial charge in [-0.05, 0) is 37.8 Å². The number of halogens is 1. The summed E-state index contributed by atoms with van der Waals surface area (Å²) in [4.78, 5) is 1.52. The SMILES string of the molecule is CC1Cc2sc(Cl)cc2C2(CCCC2)N1. The van der Waals surface area contributed by atoms with Crippen LogP contribution < -0.4 is 5.32 Å². The molecule has 0 bridgehead atoms. The molecule has 82 valence electrons. The van der Waals surface area contributed by atoms with E-state index >= 15 is 0 Å². The molecule has 15 heavy (non-hydrogen) atoms. The van der Waals surface area contributed by atoms with Gasteiger partial charge in [0.2, 0.25) is 0 Å². The minimum atomic E-state index is 0.274. The fourth-order valence-corrected chi connectivity index (χ4v) is 4.72. The third-order valence-corrected chi connectivity index (χ3v) is 5.05. The first-order valence-electron chi connectivity index (χ1n) is 5.76. The van der Waals surface area contributed by atoms with E-state index in [0.29, 0.717) is 6.04 Å². The minimum Gasteiger partial charge on any atom is -0.304 e. The summed E-state index contributed by atoms with van der Waals surface area (Å²) in [5, 5.41) is 3.81. The van der Waals surface area contributed by atoms with Crippen LogP contribution in [0.5, 0.6) is 0 Å². The molecule has 0 radical (unpaired) electrons. The number of nitrogens with one attached hydrogen (secondary N) is 1. The maximum Gasteiger partial charge on any atom is 0.0934 e. The number of hydrogen-bond acceptors (Lipinski definition) is 2. The van der Waals surface area contributed by atoms with Crippen LogP contribution in [0.4, 0.5) is 0 Å². The Balaban J connectivity index is 2.09. The Kier molecular flexibility index (Phi) is 2.35. The van der Waals surface area contributed by atoms with Gasteiger partial charge < -0.3 is 5.32 Å². The van der Waals surface area contributed by atoms with Gasteiger partial charge in [0.05, 0.1) is 4.34 Å². The molecule has 1 N–H and O–H groups in total. The summed E-state index contributed by atoms with van der Waals surface area (Å²) in [6.45, 7) is 2.29. The van der Waals surface area contributed by atoms with E-state index in [4.69, 9.17) is 11.6 Å². The second-order valence-corrected chi connectivity index (χ2v) is 6.69. The highest BCUT2D eigenvalue weighted by molar-refractivity contribution is 7.16. The quantitative estimate of drug-likeness (QED) is 0.730. The van der Waals surface area contributed by atoms with E-state index in [1.165, 1.54) is 36.1 Å². The largest absolute Gasteiger partial charge is 0.304 e. The lowest BCUT2D eigenvalue weighted by molar-refractivity contribution is 0.282. The summed E-state index contributed by atoms with van der Waals surface area (Å²) < 4.78 is 0.960. The Morgan fingerprint density at radius 3 is 2.93 bits per heavy atom. The van der Waals surface area contributed by atoms with Crippen LogP contribution in [0, 0.1) is 0 Å². The molecule has 2 aliphatic rings. The van der Waals surface area contributed by atoms with Gasteiger partial charge >= 0.3 is 0 Å². The highest BCUT2D eigenvalue weighted by atomic mass is 35.5.